The minimum absolute atomic E-state index is 0.0202. The van der Waals surface area contributed by atoms with Gasteiger partial charge in [0.25, 0.3) is 0 Å². The van der Waals surface area contributed by atoms with E-state index in [1.54, 1.807) is 11.2 Å². The van der Waals surface area contributed by atoms with Gasteiger partial charge in [0.1, 0.15) is 5.52 Å². The van der Waals surface area contributed by atoms with Gasteiger partial charge in [-0.05, 0) is 58.1 Å². The first kappa shape index (κ1) is 17.7. The molecule has 8 nitrogen and oxygen atoms in total. The normalized spacial score (nSPS) is 21.4. The first-order chi connectivity index (χ1) is 11.7. The molecule has 0 unspecified atom stereocenters. The van der Waals surface area contributed by atoms with Crippen LogP contribution in [0.5, 0.6) is 0 Å². The van der Waals surface area contributed by atoms with Crippen LogP contribution in [0.2, 0.25) is 5.28 Å². The monoisotopic (exact) mass is 366 g/mol. The predicted octanol–water partition coefficient (Wildman–Crippen LogP) is 3.32. The second-order valence-electron chi connectivity index (χ2n) is 7.49. The summed E-state index contributed by atoms with van der Waals surface area (Å²) in [5, 5.41) is 9.68. The van der Waals surface area contributed by atoms with Crippen LogP contribution in [-0.4, -0.2) is 47.2 Å². The second kappa shape index (κ2) is 6.33. The van der Waals surface area contributed by atoms with Gasteiger partial charge in [0.05, 0.1) is 6.33 Å². The number of nitrogen functional groups attached to an aromatic ring is 1. The first-order valence-corrected chi connectivity index (χ1v) is 8.74. The van der Waals surface area contributed by atoms with Gasteiger partial charge >= 0.3 is 6.09 Å². The molecule has 1 saturated carbocycles. The minimum Gasteiger partial charge on any atom is -0.465 e. The number of imidazole rings is 1. The summed E-state index contributed by atoms with van der Waals surface area (Å²) < 4.78 is 1.98. The Balaban J connectivity index is 1.80. The number of nitrogens with zero attached hydrogens (tertiary/aromatic N) is 5. The molecular formula is C16H23ClN6O2. The molecule has 0 spiro atoms. The number of aromatic nitrogens is 4. The van der Waals surface area contributed by atoms with Crippen molar-refractivity contribution < 1.29 is 9.90 Å². The molecule has 3 N–H and O–H groups in total. The molecule has 1 aliphatic rings. The maximum Gasteiger partial charge on any atom is 0.407 e. The molecule has 136 valence electrons. The fraction of sp³-hybridized carbons (Fsp3) is 0.625. The minimum atomic E-state index is -0.865. The molecule has 1 fully saturated rings. The van der Waals surface area contributed by atoms with Gasteiger partial charge in [-0.3, -0.25) is 0 Å². The van der Waals surface area contributed by atoms with E-state index in [0.29, 0.717) is 11.2 Å². The van der Waals surface area contributed by atoms with Crippen molar-refractivity contribution in [3.05, 3.63) is 11.6 Å². The highest BCUT2D eigenvalue weighted by Gasteiger charge is 2.36. The molecule has 1 aliphatic carbocycles. The predicted molar refractivity (Wildman–Crippen MR) is 95.7 cm³/mol. The SMILES string of the molecule is CC(C)(C)N(C(=O)O)[C@H]1CC[C@@H](n2cnc3c(N)nc(Cl)nc32)CC1. The lowest BCUT2D eigenvalue weighted by atomic mass is 9.88. The average molecular weight is 367 g/mol. The smallest absolute Gasteiger partial charge is 0.407 e. The van der Waals surface area contributed by atoms with Crippen molar-refractivity contribution in [2.24, 2.45) is 0 Å². The van der Waals surface area contributed by atoms with E-state index in [9.17, 15) is 9.90 Å². The van der Waals surface area contributed by atoms with Gasteiger partial charge in [0.15, 0.2) is 11.5 Å². The lowest BCUT2D eigenvalue weighted by molar-refractivity contribution is 0.0514. The molecule has 2 aromatic heterocycles. The third-order valence-corrected chi connectivity index (χ3v) is 4.94. The van der Waals surface area contributed by atoms with Crippen molar-refractivity contribution in [1.29, 1.82) is 0 Å². The molecule has 3 rings (SSSR count). The number of nitrogens with two attached hydrogens (primary N) is 1. The van der Waals surface area contributed by atoms with Crippen LogP contribution in [0.3, 0.4) is 0 Å². The quantitative estimate of drug-likeness (QED) is 0.789. The Bertz CT molecular complexity index is 792. The second-order valence-corrected chi connectivity index (χ2v) is 7.83. The van der Waals surface area contributed by atoms with Gasteiger partial charge in [0, 0.05) is 17.6 Å². The summed E-state index contributed by atoms with van der Waals surface area (Å²) >= 11 is 5.93. The summed E-state index contributed by atoms with van der Waals surface area (Å²) in [5.41, 5.74) is 6.62. The van der Waals surface area contributed by atoms with Crippen molar-refractivity contribution in [2.45, 2.75) is 64.1 Å². The molecule has 0 radical (unpaired) electrons. The zero-order valence-corrected chi connectivity index (χ0v) is 15.4. The lowest BCUT2D eigenvalue weighted by Crippen LogP contribution is -2.52. The standard InChI is InChI=1S/C16H23ClN6O2/c1-16(2,3)23(15(24)25)10-6-4-9(5-7-10)22-8-19-11-12(18)20-14(17)21-13(11)22/h8-10H,4-7H2,1-3H3,(H,24,25)(H2,18,20,21)/t9-,10+. The average Bonchev–Trinajstić information content (AvgIpc) is 2.90. The maximum atomic E-state index is 11.7. The van der Waals surface area contributed by atoms with E-state index in [1.165, 1.54) is 0 Å². The van der Waals surface area contributed by atoms with Crippen LogP contribution >= 0.6 is 11.6 Å². The van der Waals surface area contributed by atoms with Crippen molar-refractivity contribution in [3.8, 4) is 0 Å². The number of carbonyl (C=O) groups is 1. The maximum absolute atomic E-state index is 11.7. The highest BCUT2D eigenvalue weighted by molar-refractivity contribution is 6.28. The number of anilines is 1. The van der Waals surface area contributed by atoms with Crippen LogP contribution in [0.25, 0.3) is 11.2 Å². The molecule has 1 amide bonds. The number of rotatable bonds is 2. The zero-order valence-electron chi connectivity index (χ0n) is 14.6. The van der Waals surface area contributed by atoms with Crippen LogP contribution in [0.15, 0.2) is 6.33 Å². The lowest BCUT2D eigenvalue weighted by Gasteiger charge is -2.42. The van der Waals surface area contributed by atoms with E-state index < -0.39 is 11.6 Å². The fourth-order valence-corrected chi connectivity index (χ4v) is 3.93. The van der Waals surface area contributed by atoms with E-state index in [4.69, 9.17) is 17.3 Å². The number of carboxylic acid groups (broad SMARTS) is 1. The molecule has 0 atom stereocenters. The van der Waals surface area contributed by atoms with Crippen LogP contribution in [0.1, 0.15) is 52.5 Å². The first-order valence-electron chi connectivity index (χ1n) is 8.36. The summed E-state index contributed by atoms with van der Waals surface area (Å²) in [6.07, 6.45) is 4.13. The number of fused-ring (bicyclic) bond motifs is 1. The van der Waals surface area contributed by atoms with Gasteiger partial charge in [-0.25, -0.2) is 9.78 Å². The topological polar surface area (TPSA) is 110 Å². The van der Waals surface area contributed by atoms with E-state index in [2.05, 4.69) is 15.0 Å². The Morgan fingerprint density at radius 3 is 2.52 bits per heavy atom. The Kier molecular flexibility index (Phi) is 4.49. The highest BCUT2D eigenvalue weighted by Crippen LogP contribution is 2.35. The molecule has 0 bridgehead atoms. The summed E-state index contributed by atoms with van der Waals surface area (Å²) in [7, 11) is 0. The third kappa shape index (κ3) is 3.35. The largest absolute Gasteiger partial charge is 0.465 e. The van der Waals surface area contributed by atoms with Crippen LogP contribution in [-0.2, 0) is 0 Å². The molecule has 2 heterocycles. The Hall–Kier alpha value is -2.09. The third-order valence-electron chi connectivity index (χ3n) is 4.77. The van der Waals surface area contributed by atoms with Crippen molar-refractivity contribution in [3.63, 3.8) is 0 Å². The highest BCUT2D eigenvalue weighted by atomic mass is 35.5. The van der Waals surface area contributed by atoms with E-state index in [-0.39, 0.29) is 23.2 Å². The van der Waals surface area contributed by atoms with Gasteiger partial charge in [-0.1, -0.05) is 0 Å². The van der Waals surface area contributed by atoms with Gasteiger partial charge in [-0.15, -0.1) is 0 Å². The van der Waals surface area contributed by atoms with E-state index in [1.807, 2.05) is 25.3 Å². The fourth-order valence-electron chi connectivity index (χ4n) is 3.76. The molecule has 9 heteroatoms. The van der Waals surface area contributed by atoms with Crippen LogP contribution in [0, 0.1) is 0 Å². The van der Waals surface area contributed by atoms with Crippen LogP contribution < -0.4 is 5.73 Å². The van der Waals surface area contributed by atoms with Gasteiger partial charge < -0.3 is 20.3 Å². The summed E-state index contributed by atoms with van der Waals surface area (Å²) in [5.74, 6) is 0.271. The number of hydrogen-bond donors (Lipinski definition) is 2. The Morgan fingerprint density at radius 1 is 1.32 bits per heavy atom. The molecular weight excluding hydrogens is 344 g/mol. The number of halogens is 1. The molecule has 0 aliphatic heterocycles. The molecule has 0 aromatic carbocycles. The van der Waals surface area contributed by atoms with Gasteiger partial charge in [0.2, 0.25) is 5.28 Å². The summed E-state index contributed by atoms with van der Waals surface area (Å²) in [6, 6.07) is 0.217. The van der Waals surface area contributed by atoms with Crippen molar-refractivity contribution in [2.75, 3.05) is 5.73 Å². The van der Waals surface area contributed by atoms with E-state index >= 15 is 0 Å². The molecule has 2 aromatic rings. The van der Waals surface area contributed by atoms with Crippen molar-refractivity contribution >= 4 is 34.7 Å². The van der Waals surface area contributed by atoms with Crippen LogP contribution in [0.4, 0.5) is 10.6 Å². The molecule has 0 saturated heterocycles. The number of amides is 1. The van der Waals surface area contributed by atoms with Gasteiger partial charge in [-0.2, -0.15) is 9.97 Å². The van der Waals surface area contributed by atoms with Crippen molar-refractivity contribution in [1.82, 2.24) is 24.4 Å². The Morgan fingerprint density at radius 2 is 1.96 bits per heavy atom. The summed E-state index contributed by atoms with van der Waals surface area (Å²) in [6.45, 7) is 5.79. The summed E-state index contributed by atoms with van der Waals surface area (Å²) in [4.78, 5) is 25.7. The zero-order chi connectivity index (χ0) is 18.4. The number of hydrogen-bond acceptors (Lipinski definition) is 5. The Labute approximate surface area is 151 Å². The molecule has 25 heavy (non-hydrogen) atoms. The van der Waals surface area contributed by atoms with E-state index in [0.717, 1.165) is 25.7 Å².